The summed E-state index contributed by atoms with van der Waals surface area (Å²) < 4.78 is 0. The highest BCUT2D eigenvalue weighted by Crippen LogP contribution is 2.64. The molecule has 11 unspecified atom stereocenters. The molecule has 3 rings (SSSR count). The Morgan fingerprint density at radius 3 is 1.92 bits per heavy atom. The van der Waals surface area contributed by atoms with Gasteiger partial charge < -0.3 is 0 Å². The standard InChI is InChI=1S/C41H74.C8H18.C2H6/c1-11-16-17-18-33-20-22-35(23-21-33)30(7)25-26-41(10)38(15-5)36(14-4)40(37-27-29(6)19-24-39(37)41)32(9)28-31(8)34(12-2)13-3;1-4-6-8(3)7-5-2;1-2/h11-12,29-40H,1-2,13-28H2,3-10H3;8H,4-7H2,1-3H3;1-2H3. The first-order chi connectivity index (χ1) is 24.4. The second-order valence-electron chi connectivity index (χ2n) is 19.1. The maximum atomic E-state index is 4.21. The predicted octanol–water partition coefficient (Wildman–Crippen LogP) is 17.4. The lowest BCUT2D eigenvalue weighted by atomic mass is 9.43. The molecule has 3 aliphatic rings. The Hall–Kier alpha value is -0.520. The molecule has 0 bridgehead atoms. The van der Waals surface area contributed by atoms with Gasteiger partial charge in [0.2, 0.25) is 0 Å². The van der Waals surface area contributed by atoms with E-state index in [1.54, 1.807) is 0 Å². The molecule has 3 aliphatic carbocycles. The molecule has 0 heterocycles. The normalized spacial score (nSPS) is 33.0. The van der Waals surface area contributed by atoms with E-state index in [0.717, 1.165) is 71.0 Å². The lowest BCUT2D eigenvalue weighted by molar-refractivity contribution is -0.135. The van der Waals surface area contributed by atoms with Gasteiger partial charge in [0.15, 0.2) is 0 Å². The van der Waals surface area contributed by atoms with Gasteiger partial charge in [0.05, 0.1) is 0 Å². The molecular weight excluding hydrogens is 613 g/mol. The van der Waals surface area contributed by atoms with Crippen LogP contribution in [0.4, 0.5) is 0 Å². The summed E-state index contributed by atoms with van der Waals surface area (Å²) in [7, 11) is 0. The quantitative estimate of drug-likeness (QED) is 0.0871. The number of unbranched alkanes of at least 4 members (excludes halogenated alkanes) is 1. The summed E-state index contributed by atoms with van der Waals surface area (Å²) in [5.41, 5.74) is 0.533. The van der Waals surface area contributed by atoms with E-state index in [1.165, 1.54) is 128 Å². The van der Waals surface area contributed by atoms with Crippen LogP contribution >= 0.6 is 0 Å². The topological polar surface area (TPSA) is 0 Å². The van der Waals surface area contributed by atoms with Crippen molar-refractivity contribution in [2.75, 3.05) is 0 Å². The predicted molar refractivity (Wildman–Crippen MR) is 234 cm³/mol. The third kappa shape index (κ3) is 14.6. The first-order valence-electron chi connectivity index (χ1n) is 23.7. The maximum Gasteiger partial charge on any atom is -0.0213 e. The minimum absolute atomic E-state index is 0.533. The molecule has 0 nitrogen and oxygen atoms in total. The van der Waals surface area contributed by atoms with E-state index < -0.39 is 0 Å². The van der Waals surface area contributed by atoms with Crippen LogP contribution in [0.3, 0.4) is 0 Å². The smallest absolute Gasteiger partial charge is 0.0213 e. The van der Waals surface area contributed by atoms with E-state index >= 15 is 0 Å². The van der Waals surface area contributed by atoms with Gasteiger partial charge in [-0.25, -0.2) is 0 Å². The molecule has 3 saturated carbocycles. The average molecular weight is 711 g/mol. The molecule has 0 aromatic heterocycles. The first-order valence-corrected chi connectivity index (χ1v) is 23.7. The van der Waals surface area contributed by atoms with E-state index in [-0.39, 0.29) is 0 Å². The maximum absolute atomic E-state index is 4.21. The van der Waals surface area contributed by atoms with Gasteiger partial charge in [-0.1, -0.05) is 166 Å². The van der Waals surface area contributed by atoms with Crippen molar-refractivity contribution >= 4 is 0 Å². The fourth-order valence-electron chi connectivity index (χ4n) is 12.8. The van der Waals surface area contributed by atoms with E-state index in [1.807, 2.05) is 13.8 Å². The fourth-order valence-corrected chi connectivity index (χ4v) is 12.8. The summed E-state index contributed by atoms with van der Waals surface area (Å²) in [6, 6.07) is 0. The Balaban J connectivity index is 0.00000114. The number of fused-ring (bicyclic) bond motifs is 1. The summed E-state index contributed by atoms with van der Waals surface area (Å²) in [6.07, 6.45) is 32.7. The minimum atomic E-state index is 0.533. The van der Waals surface area contributed by atoms with Gasteiger partial charge in [-0.05, 0) is 147 Å². The molecular formula is C51H98. The van der Waals surface area contributed by atoms with Crippen LogP contribution in [0.25, 0.3) is 0 Å². The van der Waals surface area contributed by atoms with E-state index in [9.17, 15) is 0 Å². The monoisotopic (exact) mass is 711 g/mol. The SMILES string of the molecule is C=CCCCC1CCC(C(C)CCC2(C)C(CC)C(CC)C(C(C)CC(C)C(C=C)CC)C3CC(C)CCC32)CC1.CC.CCCC(C)CCC. The van der Waals surface area contributed by atoms with Crippen molar-refractivity contribution in [3.63, 3.8) is 0 Å². The van der Waals surface area contributed by atoms with Gasteiger partial charge in [-0.15, -0.1) is 13.2 Å². The summed E-state index contributed by atoms with van der Waals surface area (Å²) in [5.74, 6) is 11.7. The van der Waals surface area contributed by atoms with E-state index in [4.69, 9.17) is 0 Å². The van der Waals surface area contributed by atoms with Gasteiger partial charge in [-0.3, -0.25) is 0 Å². The van der Waals surface area contributed by atoms with Crippen molar-refractivity contribution in [2.24, 2.45) is 82.3 Å². The van der Waals surface area contributed by atoms with Gasteiger partial charge in [0, 0.05) is 0 Å². The second kappa shape index (κ2) is 26.3. The van der Waals surface area contributed by atoms with E-state index in [0.29, 0.717) is 11.3 Å². The van der Waals surface area contributed by atoms with Gasteiger partial charge in [0.25, 0.3) is 0 Å². The molecule has 0 N–H and O–H groups in total. The zero-order valence-corrected chi connectivity index (χ0v) is 37.7. The Kier molecular flexibility index (Phi) is 25.0. The third-order valence-electron chi connectivity index (χ3n) is 15.6. The van der Waals surface area contributed by atoms with Crippen molar-refractivity contribution in [2.45, 2.75) is 218 Å². The Morgan fingerprint density at radius 1 is 0.784 bits per heavy atom. The van der Waals surface area contributed by atoms with Crippen molar-refractivity contribution in [1.29, 1.82) is 0 Å². The lowest BCUT2D eigenvalue weighted by Gasteiger charge is -2.62. The minimum Gasteiger partial charge on any atom is -0.103 e. The van der Waals surface area contributed by atoms with Crippen LogP contribution in [-0.2, 0) is 0 Å². The van der Waals surface area contributed by atoms with Gasteiger partial charge in [-0.2, -0.15) is 0 Å². The summed E-state index contributed by atoms with van der Waals surface area (Å²) in [6.45, 7) is 39.7. The molecule has 0 spiro atoms. The fraction of sp³-hybridized carbons (Fsp3) is 0.922. The van der Waals surface area contributed by atoms with E-state index in [2.05, 4.69) is 101 Å². The summed E-state index contributed by atoms with van der Waals surface area (Å²) >= 11 is 0. The molecule has 11 atom stereocenters. The third-order valence-corrected chi connectivity index (χ3v) is 15.6. The van der Waals surface area contributed by atoms with Crippen LogP contribution in [0.5, 0.6) is 0 Å². The summed E-state index contributed by atoms with van der Waals surface area (Å²) in [4.78, 5) is 0. The zero-order valence-electron chi connectivity index (χ0n) is 37.7. The highest BCUT2D eigenvalue weighted by molar-refractivity contribution is 5.05. The Bertz CT molecular complexity index is 855. The number of hydrogen-bond donors (Lipinski definition) is 0. The summed E-state index contributed by atoms with van der Waals surface area (Å²) in [5, 5.41) is 0. The van der Waals surface area contributed by atoms with Crippen molar-refractivity contribution < 1.29 is 0 Å². The Labute approximate surface area is 325 Å². The van der Waals surface area contributed by atoms with Crippen molar-refractivity contribution in [1.82, 2.24) is 0 Å². The van der Waals surface area contributed by atoms with Crippen molar-refractivity contribution in [3.8, 4) is 0 Å². The first kappa shape index (κ1) is 48.5. The molecule has 0 saturated heterocycles. The van der Waals surface area contributed by atoms with Crippen LogP contribution in [0.15, 0.2) is 25.3 Å². The van der Waals surface area contributed by atoms with Crippen LogP contribution in [-0.4, -0.2) is 0 Å². The lowest BCUT2D eigenvalue weighted by Crippen LogP contribution is -2.55. The molecule has 0 heteroatoms. The molecule has 51 heavy (non-hydrogen) atoms. The number of hydrogen-bond acceptors (Lipinski definition) is 0. The molecule has 0 aromatic rings. The molecule has 0 aromatic carbocycles. The Morgan fingerprint density at radius 2 is 1.41 bits per heavy atom. The number of allylic oxidation sites excluding steroid dienone is 2. The molecule has 0 radical (unpaired) electrons. The van der Waals surface area contributed by atoms with Crippen LogP contribution < -0.4 is 0 Å². The highest BCUT2D eigenvalue weighted by Gasteiger charge is 2.56. The van der Waals surface area contributed by atoms with Gasteiger partial charge in [0.1, 0.15) is 0 Å². The van der Waals surface area contributed by atoms with Crippen molar-refractivity contribution in [3.05, 3.63) is 25.3 Å². The largest absolute Gasteiger partial charge is 0.103 e. The van der Waals surface area contributed by atoms with Gasteiger partial charge >= 0.3 is 0 Å². The molecule has 0 amide bonds. The molecule has 0 aliphatic heterocycles. The highest BCUT2D eigenvalue weighted by atomic mass is 14.6. The van der Waals surface area contributed by atoms with Crippen LogP contribution in [0.2, 0.25) is 0 Å². The van der Waals surface area contributed by atoms with Crippen LogP contribution in [0, 0.1) is 82.3 Å². The molecule has 3 fully saturated rings. The number of rotatable bonds is 20. The second-order valence-corrected chi connectivity index (χ2v) is 19.1. The van der Waals surface area contributed by atoms with Crippen LogP contribution in [0.1, 0.15) is 218 Å². The zero-order chi connectivity index (χ0) is 38.6. The average Bonchev–Trinajstić information content (AvgIpc) is 3.12. The molecule has 302 valence electrons.